The number of rotatable bonds is 0. The van der Waals surface area contributed by atoms with E-state index in [-0.39, 0.29) is 0 Å². The number of hydrogen-bond donors (Lipinski definition) is 3. The molecule has 0 heterocycles. The van der Waals surface area contributed by atoms with Crippen LogP contribution in [-0.4, -0.2) is 46.5 Å². The second-order valence-corrected chi connectivity index (χ2v) is 1.46. The largest absolute Gasteiger partial charge is 0.473 e. The first-order chi connectivity index (χ1) is 4.37. The number of nitrogens with zero attached hydrogens (tertiary/aromatic N) is 1. The number of hydroxylamine groups is 2. The molecule has 0 amide bonds. The molecule has 0 aliphatic rings. The van der Waals surface area contributed by atoms with Crippen molar-refractivity contribution in [1.29, 1.82) is 0 Å². The topological polar surface area (TPSA) is 98.1 Å². The summed E-state index contributed by atoms with van der Waals surface area (Å²) in [6.07, 6.45) is 0. The van der Waals surface area contributed by atoms with Crippen LogP contribution in [0.15, 0.2) is 0 Å². The van der Waals surface area contributed by atoms with Crippen molar-refractivity contribution in [3.05, 3.63) is 0 Å². The van der Waals surface area contributed by atoms with E-state index in [4.69, 9.17) is 25.0 Å². The van der Waals surface area contributed by atoms with Crippen LogP contribution in [0.25, 0.3) is 0 Å². The van der Waals surface area contributed by atoms with E-state index in [1.165, 1.54) is 0 Å². The van der Waals surface area contributed by atoms with Gasteiger partial charge in [0, 0.05) is 14.1 Å². The summed E-state index contributed by atoms with van der Waals surface area (Å²) >= 11 is 0. The van der Waals surface area contributed by atoms with E-state index in [0.717, 1.165) is 5.06 Å². The maximum atomic E-state index is 9.10. The van der Waals surface area contributed by atoms with Gasteiger partial charge in [0.25, 0.3) is 0 Å². The molecule has 60 valence electrons. The molecule has 0 bridgehead atoms. The molecule has 10 heavy (non-hydrogen) atoms. The van der Waals surface area contributed by atoms with Crippen LogP contribution >= 0.6 is 0 Å². The number of carboxylic acid groups (broad SMARTS) is 2. The second-order valence-electron chi connectivity index (χ2n) is 1.46. The fourth-order valence-corrected chi connectivity index (χ4v) is 0. The second kappa shape index (κ2) is 5.99. The third kappa shape index (κ3) is 28.8. The zero-order chi connectivity index (χ0) is 8.73. The van der Waals surface area contributed by atoms with E-state index in [2.05, 4.69) is 0 Å². The van der Waals surface area contributed by atoms with E-state index in [0.29, 0.717) is 0 Å². The lowest BCUT2D eigenvalue weighted by atomic mass is 10.7. The first-order valence-corrected chi connectivity index (χ1v) is 2.20. The predicted octanol–water partition coefficient (Wildman–Crippen LogP) is -0.907. The highest BCUT2D eigenvalue weighted by atomic mass is 16.5. The Bertz CT molecular complexity index is 106. The van der Waals surface area contributed by atoms with Gasteiger partial charge in [0.15, 0.2) is 0 Å². The molecule has 3 N–H and O–H groups in total. The molecule has 0 spiro atoms. The van der Waals surface area contributed by atoms with Gasteiger partial charge in [0.1, 0.15) is 0 Å². The molecule has 0 aliphatic heterocycles. The quantitative estimate of drug-likeness (QED) is 0.306. The van der Waals surface area contributed by atoms with Gasteiger partial charge < -0.3 is 15.4 Å². The van der Waals surface area contributed by atoms with Gasteiger partial charge in [-0.05, 0) is 0 Å². The maximum absolute atomic E-state index is 9.10. The Morgan fingerprint density at radius 3 is 1.20 bits per heavy atom. The molecule has 0 aromatic carbocycles. The number of aliphatic carboxylic acids is 2. The fourth-order valence-electron chi connectivity index (χ4n) is 0. The summed E-state index contributed by atoms with van der Waals surface area (Å²) in [6, 6.07) is 0. The van der Waals surface area contributed by atoms with Gasteiger partial charge in [0.05, 0.1) is 0 Å². The Morgan fingerprint density at radius 1 is 1.10 bits per heavy atom. The highest BCUT2D eigenvalue weighted by molar-refractivity contribution is 6.27. The van der Waals surface area contributed by atoms with Crippen molar-refractivity contribution >= 4 is 11.9 Å². The van der Waals surface area contributed by atoms with Crippen molar-refractivity contribution in [2.24, 2.45) is 0 Å². The van der Waals surface area contributed by atoms with Crippen LogP contribution in [0.1, 0.15) is 0 Å². The van der Waals surface area contributed by atoms with E-state index < -0.39 is 11.9 Å². The van der Waals surface area contributed by atoms with Gasteiger partial charge in [-0.1, -0.05) is 0 Å². The van der Waals surface area contributed by atoms with E-state index in [9.17, 15) is 0 Å². The van der Waals surface area contributed by atoms with E-state index in [1.54, 1.807) is 14.1 Å². The van der Waals surface area contributed by atoms with Crippen LogP contribution in [0.2, 0.25) is 0 Å². The standard InChI is InChI=1S/C2H7NO.C2H2O4/c1-3(2)4;3-1(4)2(5)6/h4H,1-2H3;(H,3,4)(H,5,6). The monoisotopic (exact) mass is 151 g/mol. The predicted molar refractivity (Wildman–Crippen MR) is 30.7 cm³/mol. The lowest BCUT2D eigenvalue weighted by Crippen LogP contribution is -2.09. The lowest BCUT2D eigenvalue weighted by Gasteiger charge is -1.89. The first kappa shape index (κ1) is 11.6. The van der Waals surface area contributed by atoms with Crippen molar-refractivity contribution in [3.8, 4) is 0 Å². The minimum atomic E-state index is -1.82. The molecule has 0 aromatic heterocycles. The minimum absolute atomic E-state index is 1.00. The normalized spacial score (nSPS) is 8.00. The molecule has 0 saturated carbocycles. The molecule has 0 radical (unpaired) electrons. The molecule has 0 unspecified atom stereocenters. The van der Waals surface area contributed by atoms with E-state index >= 15 is 0 Å². The molecular weight excluding hydrogens is 142 g/mol. The average Bonchev–Trinajstić information content (AvgIpc) is 1.63. The van der Waals surface area contributed by atoms with Crippen molar-refractivity contribution < 1.29 is 25.0 Å². The highest BCUT2D eigenvalue weighted by Gasteiger charge is 2.04. The minimum Gasteiger partial charge on any atom is -0.473 e. The third-order valence-electron chi connectivity index (χ3n) is 0.183. The Balaban J connectivity index is 0. The number of hydrogen-bond acceptors (Lipinski definition) is 4. The summed E-state index contributed by atoms with van der Waals surface area (Å²) in [5, 5.41) is 23.7. The van der Waals surface area contributed by atoms with Gasteiger partial charge in [-0.2, -0.15) is 5.06 Å². The summed E-state index contributed by atoms with van der Waals surface area (Å²) in [5.41, 5.74) is 0. The molecule has 6 heteroatoms. The van der Waals surface area contributed by atoms with Crippen molar-refractivity contribution in [2.75, 3.05) is 14.1 Å². The van der Waals surface area contributed by atoms with Gasteiger partial charge >= 0.3 is 11.9 Å². The molecule has 0 atom stereocenters. The van der Waals surface area contributed by atoms with Crippen molar-refractivity contribution in [2.45, 2.75) is 0 Å². The summed E-state index contributed by atoms with van der Waals surface area (Å²) < 4.78 is 0. The molecule has 0 saturated heterocycles. The molecule has 0 fully saturated rings. The lowest BCUT2D eigenvalue weighted by molar-refractivity contribution is -0.159. The van der Waals surface area contributed by atoms with Crippen LogP contribution in [0, 0.1) is 0 Å². The third-order valence-corrected chi connectivity index (χ3v) is 0.183. The SMILES string of the molecule is CN(C)O.O=C(O)C(=O)O. The number of carbonyl (C=O) groups is 2. The maximum Gasteiger partial charge on any atom is 0.414 e. The zero-order valence-electron chi connectivity index (χ0n) is 5.61. The number of carboxylic acids is 2. The first-order valence-electron chi connectivity index (χ1n) is 2.20. The van der Waals surface area contributed by atoms with Gasteiger partial charge in [0.2, 0.25) is 0 Å². The van der Waals surface area contributed by atoms with Crippen molar-refractivity contribution in [1.82, 2.24) is 5.06 Å². The highest BCUT2D eigenvalue weighted by Crippen LogP contribution is 1.56. The Labute approximate surface area is 57.3 Å². The summed E-state index contributed by atoms with van der Waals surface area (Å²) in [4.78, 5) is 18.2. The molecule has 6 nitrogen and oxygen atoms in total. The van der Waals surface area contributed by atoms with E-state index in [1.807, 2.05) is 0 Å². The van der Waals surface area contributed by atoms with Crippen LogP contribution in [-0.2, 0) is 9.59 Å². The van der Waals surface area contributed by atoms with Gasteiger partial charge in [-0.15, -0.1) is 0 Å². The van der Waals surface area contributed by atoms with Crippen LogP contribution in [0.5, 0.6) is 0 Å². The van der Waals surface area contributed by atoms with Crippen molar-refractivity contribution in [3.63, 3.8) is 0 Å². The van der Waals surface area contributed by atoms with Crippen LogP contribution in [0.3, 0.4) is 0 Å². The van der Waals surface area contributed by atoms with Gasteiger partial charge in [-0.3, -0.25) is 0 Å². The smallest absolute Gasteiger partial charge is 0.414 e. The van der Waals surface area contributed by atoms with Crippen LogP contribution < -0.4 is 0 Å². The molecule has 0 rings (SSSR count). The average molecular weight is 151 g/mol. The Kier molecular flexibility index (Phi) is 6.96. The summed E-state index contributed by atoms with van der Waals surface area (Å²) in [5.74, 6) is -3.65. The fraction of sp³-hybridized carbons (Fsp3) is 0.500. The molecule has 0 aliphatic carbocycles. The Morgan fingerprint density at radius 2 is 1.20 bits per heavy atom. The molecular formula is C4H9NO5. The summed E-state index contributed by atoms with van der Waals surface area (Å²) in [6.45, 7) is 0. The Hall–Kier alpha value is -1.14. The van der Waals surface area contributed by atoms with Crippen LogP contribution in [0.4, 0.5) is 0 Å². The van der Waals surface area contributed by atoms with Gasteiger partial charge in [-0.25, -0.2) is 9.59 Å². The molecule has 0 aromatic rings. The summed E-state index contributed by atoms with van der Waals surface area (Å²) in [7, 11) is 3.11. The zero-order valence-corrected chi connectivity index (χ0v) is 5.61.